The highest BCUT2D eigenvalue weighted by atomic mass is 16.5. The predicted octanol–water partition coefficient (Wildman–Crippen LogP) is 3.87. The SMILES string of the molecule is CCOC(=O)c1ccccc1NC(=O)/C(=C\c1ccco1)NC(=O)c1ccccc1. The third-order valence-electron chi connectivity index (χ3n) is 4.03. The molecule has 1 heterocycles. The van der Waals surface area contributed by atoms with Crippen molar-refractivity contribution in [1.29, 1.82) is 0 Å². The van der Waals surface area contributed by atoms with E-state index in [4.69, 9.17) is 9.15 Å². The maximum atomic E-state index is 13.0. The van der Waals surface area contributed by atoms with Crippen LogP contribution >= 0.6 is 0 Å². The Hall–Kier alpha value is -4.13. The highest BCUT2D eigenvalue weighted by Gasteiger charge is 2.19. The average molecular weight is 404 g/mol. The molecule has 2 amide bonds. The molecular weight excluding hydrogens is 384 g/mol. The van der Waals surface area contributed by atoms with Crippen molar-refractivity contribution in [2.75, 3.05) is 11.9 Å². The molecule has 0 aliphatic heterocycles. The van der Waals surface area contributed by atoms with Crippen LogP contribution in [0.2, 0.25) is 0 Å². The molecule has 3 aromatic rings. The number of esters is 1. The number of benzene rings is 2. The summed E-state index contributed by atoms with van der Waals surface area (Å²) in [6.07, 6.45) is 2.86. The Morgan fingerprint density at radius 2 is 1.70 bits per heavy atom. The van der Waals surface area contributed by atoms with Crippen molar-refractivity contribution in [1.82, 2.24) is 5.32 Å². The zero-order valence-corrected chi connectivity index (χ0v) is 16.3. The lowest BCUT2D eigenvalue weighted by Gasteiger charge is -2.13. The van der Waals surface area contributed by atoms with Gasteiger partial charge in [0, 0.05) is 11.6 Å². The van der Waals surface area contributed by atoms with Crippen LogP contribution in [0.5, 0.6) is 0 Å². The normalized spacial score (nSPS) is 10.9. The van der Waals surface area contributed by atoms with Crippen molar-refractivity contribution in [3.8, 4) is 0 Å². The first-order chi connectivity index (χ1) is 14.6. The molecule has 2 N–H and O–H groups in total. The van der Waals surface area contributed by atoms with Gasteiger partial charge in [0.15, 0.2) is 0 Å². The lowest BCUT2D eigenvalue weighted by molar-refractivity contribution is -0.113. The third kappa shape index (κ3) is 5.23. The molecule has 2 aromatic carbocycles. The van der Waals surface area contributed by atoms with E-state index in [1.807, 2.05) is 0 Å². The standard InChI is InChI=1S/C23H20N2O5/c1-2-29-23(28)18-12-6-7-13-19(18)24-22(27)20(15-17-11-8-14-30-17)25-21(26)16-9-4-3-5-10-16/h3-15H,2H2,1H3,(H,24,27)(H,25,26)/b20-15+. The molecular formula is C23H20N2O5. The fourth-order valence-electron chi connectivity index (χ4n) is 2.63. The lowest BCUT2D eigenvalue weighted by Crippen LogP contribution is -2.31. The Balaban J connectivity index is 1.87. The maximum absolute atomic E-state index is 13.0. The number of nitrogens with one attached hydrogen (secondary N) is 2. The van der Waals surface area contributed by atoms with Crippen molar-refractivity contribution in [3.63, 3.8) is 0 Å². The van der Waals surface area contributed by atoms with Gasteiger partial charge in [0.2, 0.25) is 0 Å². The van der Waals surface area contributed by atoms with E-state index in [1.165, 1.54) is 12.3 Å². The van der Waals surface area contributed by atoms with E-state index in [2.05, 4.69) is 10.6 Å². The first kappa shape index (κ1) is 20.6. The van der Waals surface area contributed by atoms with Crippen molar-refractivity contribution < 1.29 is 23.5 Å². The maximum Gasteiger partial charge on any atom is 0.340 e. The van der Waals surface area contributed by atoms with Gasteiger partial charge in [-0.1, -0.05) is 30.3 Å². The smallest absolute Gasteiger partial charge is 0.340 e. The molecule has 0 radical (unpaired) electrons. The van der Waals surface area contributed by atoms with Crippen LogP contribution in [-0.2, 0) is 9.53 Å². The van der Waals surface area contributed by atoms with Gasteiger partial charge in [-0.05, 0) is 43.3 Å². The third-order valence-corrected chi connectivity index (χ3v) is 4.03. The van der Waals surface area contributed by atoms with E-state index in [0.29, 0.717) is 11.3 Å². The molecule has 7 nitrogen and oxygen atoms in total. The molecule has 0 spiro atoms. The van der Waals surface area contributed by atoms with Gasteiger partial charge in [0.25, 0.3) is 11.8 Å². The van der Waals surface area contributed by atoms with Crippen LogP contribution in [0.15, 0.2) is 83.1 Å². The van der Waals surface area contributed by atoms with Crippen LogP contribution in [-0.4, -0.2) is 24.4 Å². The summed E-state index contributed by atoms with van der Waals surface area (Å²) in [5.41, 5.74) is 0.819. The van der Waals surface area contributed by atoms with Crippen molar-refractivity contribution >= 4 is 29.5 Å². The van der Waals surface area contributed by atoms with E-state index in [-0.39, 0.29) is 23.6 Å². The van der Waals surface area contributed by atoms with Crippen molar-refractivity contribution in [3.05, 3.63) is 95.6 Å². The van der Waals surface area contributed by atoms with Crippen LogP contribution in [0.1, 0.15) is 33.4 Å². The number of rotatable bonds is 7. The van der Waals surface area contributed by atoms with Crippen LogP contribution < -0.4 is 10.6 Å². The minimum Gasteiger partial charge on any atom is -0.465 e. The number of hydrogen-bond acceptors (Lipinski definition) is 5. The summed E-state index contributed by atoms with van der Waals surface area (Å²) in [5, 5.41) is 5.25. The highest BCUT2D eigenvalue weighted by molar-refractivity contribution is 6.12. The van der Waals surface area contributed by atoms with Gasteiger partial charge in [-0.3, -0.25) is 9.59 Å². The zero-order chi connectivity index (χ0) is 21.3. The summed E-state index contributed by atoms with van der Waals surface area (Å²) in [7, 11) is 0. The molecule has 0 aliphatic carbocycles. The summed E-state index contributed by atoms with van der Waals surface area (Å²) in [5.74, 6) is -1.25. The molecule has 30 heavy (non-hydrogen) atoms. The minimum atomic E-state index is -0.618. The average Bonchev–Trinajstić information content (AvgIpc) is 3.27. The molecule has 0 atom stereocenters. The molecule has 1 aromatic heterocycles. The van der Waals surface area contributed by atoms with E-state index in [1.54, 1.807) is 73.7 Å². The number of anilines is 1. The van der Waals surface area contributed by atoms with Crippen molar-refractivity contribution in [2.24, 2.45) is 0 Å². The van der Waals surface area contributed by atoms with E-state index < -0.39 is 17.8 Å². The summed E-state index contributed by atoms with van der Waals surface area (Å²) >= 11 is 0. The molecule has 152 valence electrons. The Kier molecular flexibility index (Phi) is 6.78. The van der Waals surface area contributed by atoms with E-state index >= 15 is 0 Å². The second-order valence-electron chi connectivity index (χ2n) is 6.11. The van der Waals surface area contributed by atoms with Crippen LogP contribution in [0, 0.1) is 0 Å². The first-order valence-electron chi connectivity index (χ1n) is 9.27. The number of furan rings is 1. The molecule has 0 bridgehead atoms. The summed E-state index contributed by atoms with van der Waals surface area (Å²) in [6, 6.07) is 18.3. The molecule has 7 heteroatoms. The van der Waals surface area contributed by atoms with Crippen LogP contribution in [0.4, 0.5) is 5.69 Å². The number of amides is 2. The predicted molar refractivity (Wildman–Crippen MR) is 112 cm³/mol. The number of ether oxygens (including phenoxy) is 1. The van der Waals surface area contributed by atoms with Gasteiger partial charge in [-0.15, -0.1) is 0 Å². The van der Waals surface area contributed by atoms with Gasteiger partial charge in [0.05, 0.1) is 24.1 Å². The van der Waals surface area contributed by atoms with E-state index in [9.17, 15) is 14.4 Å². The topological polar surface area (TPSA) is 97.6 Å². The molecule has 0 fully saturated rings. The second kappa shape index (κ2) is 9.88. The number of carbonyl (C=O) groups is 3. The fraction of sp³-hybridized carbons (Fsp3) is 0.0870. The molecule has 0 saturated carbocycles. The Morgan fingerprint density at radius 1 is 0.967 bits per heavy atom. The quantitative estimate of drug-likeness (QED) is 0.460. The summed E-state index contributed by atoms with van der Waals surface area (Å²) < 4.78 is 10.3. The van der Waals surface area contributed by atoms with Gasteiger partial charge >= 0.3 is 5.97 Å². The van der Waals surface area contributed by atoms with E-state index in [0.717, 1.165) is 0 Å². The zero-order valence-electron chi connectivity index (χ0n) is 16.3. The second-order valence-corrected chi connectivity index (χ2v) is 6.11. The fourth-order valence-corrected chi connectivity index (χ4v) is 2.63. The number of carbonyl (C=O) groups excluding carboxylic acids is 3. The van der Waals surface area contributed by atoms with Crippen LogP contribution in [0.3, 0.4) is 0 Å². The van der Waals surface area contributed by atoms with Crippen molar-refractivity contribution in [2.45, 2.75) is 6.92 Å². The summed E-state index contributed by atoms with van der Waals surface area (Å²) in [4.78, 5) is 37.7. The Morgan fingerprint density at radius 3 is 2.40 bits per heavy atom. The van der Waals surface area contributed by atoms with Gasteiger partial charge in [-0.25, -0.2) is 4.79 Å². The highest BCUT2D eigenvalue weighted by Crippen LogP contribution is 2.18. The van der Waals surface area contributed by atoms with Gasteiger partial charge in [-0.2, -0.15) is 0 Å². The Bertz CT molecular complexity index is 1060. The van der Waals surface area contributed by atoms with Gasteiger partial charge < -0.3 is 19.8 Å². The largest absolute Gasteiger partial charge is 0.465 e. The minimum absolute atomic E-state index is 0.0440. The molecule has 0 unspecified atom stereocenters. The number of para-hydroxylation sites is 1. The van der Waals surface area contributed by atoms with Gasteiger partial charge in [0.1, 0.15) is 11.5 Å². The number of hydrogen-bond donors (Lipinski definition) is 2. The van der Waals surface area contributed by atoms with Crippen LogP contribution in [0.25, 0.3) is 6.08 Å². The Labute approximate surface area is 173 Å². The monoisotopic (exact) mass is 404 g/mol. The lowest BCUT2D eigenvalue weighted by atomic mass is 10.1. The summed E-state index contributed by atoms with van der Waals surface area (Å²) in [6.45, 7) is 1.90. The first-order valence-corrected chi connectivity index (χ1v) is 9.27. The molecule has 0 saturated heterocycles. The molecule has 3 rings (SSSR count). The molecule has 0 aliphatic rings.